The molecule has 0 saturated heterocycles. The lowest BCUT2D eigenvalue weighted by molar-refractivity contribution is 0.101. The summed E-state index contributed by atoms with van der Waals surface area (Å²) in [4.78, 5) is 14.3. The molecule has 0 aliphatic heterocycles. The van der Waals surface area contributed by atoms with Gasteiger partial charge >= 0.3 is 0 Å². The summed E-state index contributed by atoms with van der Waals surface area (Å²) < 4.78 is 0.872. The maximum atomic E-state index is 11.3. The molecule has 1 N–H and O–H groups in total. The summed E-state index contributed by atoms with van der Waals surface area (Å²) in [6.07, 6.45) is 1.69. The van der Waals surface area contributed by atoms with E-state index in [0.29, 0.717) is 10.6 Å². The van der Waals surface area contributed by atoms with Gasteiger partial charge in [0.05, 0.1) is 10.5 Å². The van der Waals surface area contributed by atoms with Crippen LogP contribution in [0.15, 0.2) is 22.8 Å². The lowest BCUT2D eigenvalue weighted by atomic mass is 10.1. The van der Waals surface area contributed by atoms with E-state index in [1.807, 2.05) is 6.07 Å². The van der Waals surface area contributed by atoms with Gasteiger partial charge in [-0.2, -0.15) is 0 Å². The normalized spacial score (nSPS) is 10.8. The van der Waals surface area contributed by atoms with Crippen molar-refractivity contribution in [3.05, 3.63) is 33.4 Å². The van der Waals surface area contributed by atoms with E-state index in [1.54, 1.807) is 12.3 Å². The van der Waals surface area contributed by atoms with Crippen LogP contribution in [0.3, 0.4) is 0 Å². The Kier molecular flexibility index (Phi) is 2.37. The molecule has 4 heteroatoms. The molecule has 1 aromatic heterocycles. The first-order valence-corrected chi connectivity index (χ1v) is 5.24. The molecule has 0 aliphatic carbocycles. The van der Waals surface area contributed by atoms with E-state index in [-0.39, 0.29) is 5.78 Å². The van der Waals surface area contributed by atoms with Gasteiger partial charge in [0.25, 0.3) is 0 Å². The van der Waals surface area contributed by atoms with E-state index in [4.69, 9.17) is 11.6 Å². The summed E-state index contributed by atoms with van der Waals surface area (Å²) >= 11 is 9.35. The van der Waals surface area contributed by atoms with Crippen molar-refractivity contribution >= 4 is 44.2 Å². The van der Waals surface area contributed by atoms with E-state index >= 15 is 0 Å². The van der Waals surface area contributed by atoms with Crippen molar-refractivity contribution in [3.8, 4) is 0 Å². The quantitative estimate of drug-likeness (QED) is 0.787. The SMILES string of the molecule is CC(=O)c1c[nH]c2c(Cl)cc(Br)cc12. The summed E-state index contributed by atoms with van der Waals surface area (Å²) in [5.74, 6) is 0.0328. The zero-order valence-corrected chi connectivity index (χ0v) is 9.74. The number of hydrogen-bond donors (Lipinski definition) is 1. The Morgan fingerprint density at radius 2 is 2.21 bits per heavy atom. The standard InChI is InChI=1S/C10H7BrClNO/c1-5(14)8-4-13-10-7(8)2-6(11)3-9(10)12/h2-4,13H,1H3. The summed E-state index contributed by atoms with van der Waals surface area (Å²) in [5, 5.41) is 1.47. The molecule has 0 amide bonds. The highest BCUT2D eigenvalue weighted by atomic mass is 79.9. The molecule has 1 aromatic carbocycles. The second kappa shape index (κ2) is 3.41. The minimum Gasteiger partial charge on any atom is -0.359 e. The largest absolute Gasteiger partial charge is 0.359 e. The Morgan fingerprint density at radius 1 is 1.50 bits per heavy atom. The molecule has 2 aromatic rings. The highest BCUT2D eigenvalue weighted by Crippen LogP contribution is 2.29. The first-order chi connectivity index (χ1) is 6.59. The maximum absolute atomic E-state index is 11.3. The van der Waals surface area contributed by atoms with Crippen LogP contribution in [0.5, 0.6) is 0 Å². The van der Waals surface area contributed by atoms with Crippen molar-refractivity contribution < 1.29 is 4.79 Å². The van der Waals surface area contributed by atoms with Gasteiger partial charge < -0.3 is 4.98 Å². The van der Waals surface area contributed by atoms with Crippen LogP contribution in [0.1, 0.15) is 17.3 Å². The molecule has 0 unspecified atom stereocenters. The van der Waals surface area contributed by atoms with E-state index < -0.39 is 0 Å². The molecular formula is C10H7BrClNO. The number of H-pyrrole nitrogens is 1. The van der Waals surface area contributed by atoms with Crippen LogP contribution < -0.4 is 0 Å². The third-order valence-electron chi connectivity index (χ3n) is 2.09. The summed E-state index contributed by atoms with van der Waals surface area (Å²) in [6, 6.07) is 3.68. The predicted molar refractivity (Wildman–Crippen MR) is 61.0 cm³/mol. The smallest absolute Gasteiger partial charge is 0.161 e. The third kappa shape index (κ3) is 1.47. The van der Waals surface area contributed by atoms with Crippen LogP contribution >= 0.6 is 27.5 Å². The second-order valence-electron chi connectivity index (χ2n) is 3.07. The van der Waals surface area contributed by atoms with Crippen molar-refractivity contribution in [2.75, 3.05) is 0 Å². The number of carbonyl (C=O) groups excluding carboxylic acids is 1. The van der Waals surface area contributed by atoms with Crippen molar-refractivity contribution in [2.24, 2.45) is 0 Å². The molecule has 0 fully saturated rings. The number of nitrogens with one attached hydrogen (secondary N) is 1. The van der Waals surface area contributed by atoms with Gasteiger partial charge in [-0.15, -0.1) is 0 Å². The Morgan fingerprint density at radius 3 is 2.86 bits per heavy atom. The molecule has 0 saturated carbocycles. The monoisotopic (exact) mass is 271 g/mol. The summed E-state index contributed by atoms with van der Waals surface area (Å²) in [5.41, 5.74) is 1.48. The highest BCUT2D eigenvalue weighted by molar-refractivity contribution is 9.10. The van der Waals surface area contributed by atoms with Gasteiger partial charge in [0.15, 0.2) is 5.78 Å². The number of benzene rings is 1. The van der Waals surface area contributed by atoms with Crippen LogP contribution in [0.2, 0.25) is 5.02 Å². The molecule has 2 nitrogen and oxygen atoms in total. The topological polar surface area (TPSA) is 32.9 Å². The number of halogens is 2. The Labute approximate surface area is 94.4 Å². The van der Waals surface area contributed by atoms with E-state index in [9.17, 15) is 4.79 Å². The number of ketones is 1. The van der Waals surface area contributed by atoms with Crippen LogP contribution in [-0.4, -0.2) is 10.8 Å². The minimum absolute atomic E-state index is 0.0328. The molecular weight excluding hydrogens is 265 g/mol. The van der Waals surface area contributed by atoms with Crippen molar-refractivity contribution in [3.63, 3.8) is 0 Å². The lowest BCUT2D eigenvalue weighted by Gasteiger charge is -1.97. The molecule has 2 rings (SSSR count). The first kappa shape index (κ1) is 9.74. The lowest BCUT2D eigenvalue weighted by Crippen LogP contribution is -1.88. The summed E-state index contributed by atoms with van der Waals surface area (Å²) in [7, 11) is 0. The summed E-state index contributed by atoms with van der Waals surface area (Å²) in [6.45, 7) is 1.54. The minimum atomic E-state index is 0.0328. The predicted octanol–water partition coefficient (Wildman–Crippen LogP) is 3.79. The number of carbonyl (C=O) groups is 1. The zero-order valence-electron chi connectivity index (χ0n) is 7.40. The molecule has 0 bridgehead atoms. The molecule has 72 valence electrons. The molecule has 1 heterocycles. The fraction of sp³-hybridized carbons (Fsp3) is 0.100. The van der Waals surface area contributed by atoms with Crippen LogP contribution in [0.4, 0.5) is 0 Å². The van der Waals surface area contributed by atoms with E-state index in [1.165, 1.54) is 6.92 Å². The molecule has 0 aliphatic rings. The van der Waals surface area contributed by atoms with Crippen LogP contribution in [0.25, 0.3) is 10.9 Å². The number of rotatable bonds is 1. The van der Waals surface area contributed by atoms with Gasteiger partial charge in [0, 0.05) is 21.6 Å². The molecule has 0 spiro atoms. The Bertz CT molecular complexity index is 518. The fourth-order valence-corrected chi connectivity index (χ4v) is 2.31. The van der Waals surface area contributed by atoms with E-state index in [0.717, 1.165) is 15.4 Å². The first-order valence-electron chi connectivity index (χ1n) is 4.06. The van der Waals surface area contributed by atoms with Gasteiger partial charge in [-0.1, -0.05) is 27.5 Å². The number of aromatic nitrogens is 1. The maximum Gasteiger partial charge on any atom is 0.161 e. The molecule has 0 atom stereocenters. The van der Waals surface area contributed by atoms with Crippen LogP contribution in [0, 0.1) is 0 Å². The van der Waals surface area contributed by atoms with Gasteiger partial charge in [0.2, 0.25) is 0 Å². The number of aromatic amines is 1. The zero-order chi connectivity index (χ0) is 10.3. The second-order valence-corrected chi connectivity index (χ2v) is 4.39. The average molecular weight is 273 g/mol. The third-order valence-corrected chi connectivity index (χ3v) is 2.84. The molecule has 14 heavy (non-hydrogen) atoms. The Hall–Kier alpha value is -0.800. The number of fused-ring (bicyclic) bond motifs is 1. The average Bonchev–Trinajstić information content (AvgIpc) is 2.47. The number of hydrogen-bond acceptors (Lipinski definition) is 1. The molecule has 0 radical (unpaired) electrons. The van der Waals surface area contributed by atoms with Gasteiger partial charge in [0.1, 0.15) is 0 Å². The van der Waals surface area contributed by atoms with Crippen molar-refractivity contribution in [1.29, 1.82) is 0 Å². The Balaban J connectivity index is 2.85. The van der Waals surface area contributed by atoms with Gasteiger partial charge in [-0.3, -0.25) is 4.79 Å². The van der Waals surface area contributed by atoms with Crippen molar-refractivity contribution in [2.45, 2.75) is 6.92 Å². The highest BCUT2D eigenvalue weighted by Gasteiger charge is 2.10. The van der Waals surface area contributed by atoms with Crippen molar-refractivity contribution in [1.82, 2.24) is 4.98 Å². The van der Waals surface area contributed by atoms with Crippen LogP contribution in [-0.2, 0) is 0 Å². The number of Topliss-reactive ketones (excluding diaryl/α,β-unsaturated/α-hetero) is 1. The van der Waals surface area contributed by atoms with E-state index in [2.05, 4.69) is 20.9 Å². The van der Waals surface area contributed by atoms with Gasteiger partial charge in [-0.25, -0.2) is 0 Å². The fourth-order valence-electron chi connectivity index (χ4n) is 1.45. The van der Waals surface area contributed by atoms with Gasteiger partial charge in [-0.05, 0) is 19.1 Å².